The summed E-state index contributed by atoms with van der Waals surface area (Å²) in [4.78, 5) is 64.2. The Hall–Kier alpha value is -3.38. The first kappa shape index (κ1) is 31.8. The van der Waals surface area contributed by atoms with E-state index in [1.165, 1.54) is 6.92 Å². The third-order valence-electron chi connectivity index (χ3n) is 3.22. The van der Waals surface area contributed by atoms with Crippen LogP contribution in [-0.2, 0) is 43.0 Å². The number of esters is 3. The molecule has 190 valence electrons. The lowest BCUT2D eigenvalue weighted by Gasteiger charge is -2.16. The van der Waals surface area contributed by atoms with Crippen LogP contribution in [0.3, 0.4) is 0 Å². The van der Waals surface area contributed by atoms with Crippen molar-refractivity contribution in [3.8, 4) is 0 Å². The molecule has 17 heteroatoms. The van der Waals surface area contributed by atoms with Crippen molar-refractivity contribution in [2.24, 2.45) is 28.7 Å². The van der Waals surface area contributed by atoms with Crippen LogP contribution in [0.1, 0.15) is 13.3 Å². The van der Waals surface area contributed by atoms with Gasteiger partial charge in [0.2, 0.25) is 0 Å². The molecular formula is C16H29N5O12. The summed E-state index contributed by atoms with van der Waals surface area (Å²) in [5.74, 6) is -6.56. The lowest BCUT2D eigenvalue weighted by atomic mass is 10.2. The number of aliphatic carboxylic acids is 3. The molecule has 0 rings (SSSR count). The highest BCUT2D eigenvalue weighted by Gasteiger charge is 2.23. The molecule has 0 saturated heterocycles. The number of ether oxygens (including phenoxy) is 3. The molecule has 0 radical (unpaired) electrons. The Kier molecular flexibility index (Phi) is 15.7. The highest BCUT2D eigenvalue weighted by Crippen LogP contribution is 1.95. The average molecular weight is 483 g/mol. The summed E-state index contributed by atoms with van der Waals surface area (Å²) in [6.45, 7) is -0.198. The van der Waals surface area contributed by atoms with Crippen LogP contribution >= 0.6 is 0 Å². The molecule has 0 heterocycles. The van der Waals surface area contributed by atoms with Crippen molar-refractivity contribution in [3.63, 3.8) is 0 Å². The fraction of sp³-hybridized carbons (Fsp3) is 0.625. The number of carboxylic acids is 3. The van der Waals surface area contributed by atoms with Crippen LogP contribution in [-0.4, -0.2) is 101 Å². The van der Waals surface area contributed by atoms with E-state index in [9.17, 15) is 28.8 Å². The molecule has 0 aromatic rings. The largest absolute Gasteiger partial charge is 0.481 e. The van der Waals surface area contributed by atoms with E-state index in [-0.39, 0.29) is 0 Å². The lowest BCUT2D eigenvalue weighted by molar-refractivity contribution is -0.154. The zero-order valence-corrected chi connectivity index (χ0v) is 17.6. The Labute approximate surface area is 187 Å². The SMILES string of the molecule is C[C@H](N)C(=O)OC[C@H](N)C(=O)OC[C@H](N)C(=O)OC[C@H](N)C(=O)O.N[C@@H](CC(=O)O)C(=O)O. The Morgan fingerprint density at radius 3 is 1.21 bits per heavy atom. The van der Waals surface area contributed by atoms with Crippen LogP contribution in [0.4, 0.5) is 0 Å². The molecule has 0 aliphatic rings. The van der Waals surface area contributed by atoms with E-state index in [4.69, 9.17) is 44.0 Å². The molecule has 0 amide bonds. The molecule has 0 spiro atoms. The average Bonchev–Trinajstić information content (AvgIpc) is 2.72. The quantitative estimate of drug-likeness (QED) is 0.0896. The van der Waals surface area contributed by atoms with Gasteiger partial charge < -0.3 is 58.2 Å². The van der Waals surface area contributed by atoms with Crippen LogP contribution in [0.2, 0.25) is 0 Å². The van der Waals surface area contributed by atoms with Crippen LogP contribution in [0.25, 0.3) is 0 Å². The second-order valence-corrected chi connectivity index (χ2v) is 6.38. The molecule has 0 aromatic heterocycles. The summed E-state index contributed by atoms with van der Waals surface area (Å²) in [5.41, 5.74) is 26.1. The Morgan fingerprint density at radius 1 is 0.606 bits per heavy atom. The summed E-state index contributed by atoms with van der Waals surface area (Å²) >= 11 is 0. The summed E-state index contributed by atoms with van der Waals surface area (Å²) in [5, 5.41) is 24.6. The molecule has 33 heavy (non-hydrogen) atoms. The van der Waals surface area contributed by atoms with E-state index in [2.05, 4.69) is 14.2 Å². The Balaban J connectivity index is 0. The maximum atomic E-state index is 11.5. The van der Waals surface area contributed by atoms with Gasteiger partial charge in [0.15, 0.2) is 0 Å². The minimum absolute atomic E-state index is 0.452. The fourth-order valence-electron chi connectivity index (χ4n) is 1.34. The van der Waals surface area contributed by atoms with Gasteiger partial charge in [0, 0.05) is 0 Å². The number of nitrogens with two attached hydrogens (primary N) is 5. The minimum atomic E-state index is -1.39. The maximum Gasteiger partial charge on any atom is 0.326 e. The Bertz CT molecular complexity index is 701. The molecule has 0 fully saturated rings. The molecule has 0 aliphatic heterocycles. The van der Waals surface area contributed by atoms with E-state index in [0.717, 1.165) is 0 Å². The second kappa shape index (κ2) is 16.3. The summed E-state index contributed by atoms with van der Waals surface area (Å²) in [6.07, 6.45) is -0.532. The van der Waals surface area contributed by atoms with Crippen molar-refractivity contribution < 1.29 is 58.3 Å². The van der Waals surface area contributed by atoms with Gasteiger partial charge in [-0.25, -0.2) is 0 Å². The van der Waals surface area contributed by atoms with Crippen molar-refractivity contribution in [2.45, 2.75) is 43.6 Å². The number of rotatable bonds is 13. The standard InChI is InChI=1S/C12H22N4O8.C4H7NO4/c1-5(13)10(19)22-3-7(15)12(21)24-4-8(16)11(20)23-2-6(14)9(17)18;5-2(4(8)9)1-3(6)7/h5-8H,2-4,13-16H2,1H3,(H,17,18);2H,1,5H2,(H,6,7)(H,8,9)/t5-,6-,7-,8-;2-/m00/s1. The third kappa shape index (κ3) is 16.0. The van der Waals surface area contributed by atoms with Crippen LogP contribution in [0.5, 0.6) is 0 Å². The fourth-order valence-corrected chi connectivity index (χ4v) is 1.34. The highest BCUT2D eigenvalue weighted by molar-refractivity contribution is 5.80. The predicted octanol–water partition coefficient (Wildman–Crippen LogP) is -5.10. The van der Waals surface area contributed by atoms with Gasteiger partial charge >= 0.3 is 35.8 Å². The van der Waals surface area contributed by atoms with Crippen LogP contribution < -0.4 is 28.7 Å². The smallest absolute Gasteiger partial charge is 0.326 e. The number of carboxylic acid groups (broad SMARTS) is 3. The van der Waals surface area contributed by atoms with E-state index >= 15 is 0 Å². The van der Waals surface area contributed by atoms with E-state index in [1.54, 1.807) is 0 Å². The number of hydrogen-bond acceptors (Lipinski definition) is 14. The normalized spacial score (nSPS) is 14.7. The molecule has 0 bridgehead atoms. The van der Waals surface area contributed by atoms with Gasteiger partial charge in [-0.3, -0.25) is 28.8 Å². The molecule has 13 N–H and O–H groups in total. The van der Waals surface area contributed by atoms with Crippen molar-refractivity contribution in [1.29, 1.82) is 0 Å². The molecule has 0 aromatic carbocycles. The zero-order chi connectivity index (χ0) is 26.3. The monoisotopic (exact) mass is 483 g/mol. The second-order valence-electron chi connectivity index (χ2n) is 6.38. The highest BCUT2D eigenvalue weighted by atomic mass is 16.6. The van der Waals surface area contributed by atoms with E-state index < -0.39 is 92.3 Å². The number of hydrogen-bond donors (Lipinski definition) is 8. The van der Waals surface area contributed by atoms with Gasteiger partial charge in [0.05, 0.1) is 6.42 Å². The van der Waals surface area contributed by atoms with Gasteiger partial charge in [0.25, 0.3) is 0 Å². The topological polar surface area (TPSA) is 321 Å². The first-order valence-corrected chi connectivity index (χ1v) is 9.05. The third-order valence-corrected chi connectivity index (χ3v) is 3.22. The summed E-state index contributed by atoms with van der Waals surface area (Å²) in [6, 6.07) is -6.18. The number of carbonyl (C=O) groups is 6. The molecule has 0 unspecified atom stereocenters. The van der Waals surface area contributed by atoms with Gasteiger partial charge in [-0.2, -0.15) is 0 Å². The van der Waals surface area contributed by atoms with Gasteiger partial charge in [-0.05, 0) is 6.92 Å². The molecular weight excluding hydrogens is 454 g/mol. The van der Waals surface area contributed by atoms with Crippen molar-refractivity contribution in [3.05, 3.63) is 0 Å². The molecule has 5 atom stereocenters. The van der Waals surface area contributed by atoms with Crippen LogP contribution in [0.15, 0.2) is 0 Å². The first-order valence-electron chi connectivity index (χ1n) is 9.05. The van der Waals surface area contributed by atoms with E-state index in [1.807, 2.05) is 0 Å². The van der Waals surface area contributed by atoms with Crippen LogP contribution in [0, 0.1) is 0 Å². The predicted molar refractivity (Wildman–Crippen MR) is 106 cm³/mol. The molecule has 17 nitrogen and oxygen atoms in total. The summed E-state index contributed by atoms with van der Waals surface area (Å²) < 4.78 is 13.9. The Morgan fingerprint density at radius 2 is 0.939 bits per heavy atom. The zero-order valence-electron chi connectivity index (χ0n) is 17.6. The summed E-state index contributed by atoms with van der Waals surface area (Å²) in [7, 11) is 0. The van der Waals surface area contributed by atoms with Gasteiger partial charge in [-0.15, -0.1) is 0 Å². The number of carbonyl (C=O) groups excluding carboxylic acids is 3. The lowest BCUT2D eigenvalue weighted by Crippen LogP contribution is -2.44. The minimum Gasteiger partial charge on any atom is -0.481 e. The first-order chi connectivity index (χ1) is 15.1. The molecule has 0 aliphatic carbocycles. The van der Waals surface area contributed by atoms with Gasteiger partial charge in [-0.1, -0.05) is 0 Å². The maximum absolute atomic E-state index is 11.5. The van der Waals surface area contributed by atoms with Gasteiger partial charge in [0.1, 0.15) is 50.0 Å². The molecule has 0 saturated carbocycles. The van der Waals surface area contributed by atoms with Crippen molar-refractivity contribution >= 4 is 35.8 Å². The van der Waals surface area contributed by atoms with Crippen molar-refractivity contribution in [1.82, 2.24) is 0 Å². The van der Waals surface area contributed by atoms with E-state index in [0.29, 0.717) is 0 Å². The van der Waals surface area contributed by atoms with Crippen molar-refractivity contribution in [2.75, 3.05) is 19.8 Å².